The fourth-order valence-electron chi connectivity index (χ4n) is 6.47. The quantitative estimate of drug-likeness (QED) is 0.0413. The summed E-state index contributed by atoms with van der Waals surface area (Å²) in [5, 5.41) is 28.9. The van der Waals surface area contributed by atoms with E-state index in [1.165, 1.54) is 36.4 Å². The lowest BCUT2D eigenvalue weighted by Gasteiger charge is -2.23. The molecule has 1 aromatic heterocycles. The zero-order valence-corrected chi connectivity index (χ0v) is 30.8. The molecule has 6 rings (SSSR count). The molecule has 0 unspecified atom stereocenters. The highest BCUT2D eigenvalue weighted by molar-refractivity contribution is 6.10. The molecule has 11 nitrogen and oxygen atoms in total. The van der Waals surface area contributed by atoms with Crippen LogP contribution in [0.1, 0.15) is 58.8 Å². The van der Waals surface area contributed by atoms with Gasteiger partial charge in [0.1, 0.15) is 23.9 Å². The molecule has 4 aromatic carbocycles. The van der Waals surface area contributed by atoms with Crippen molar-refractivity contribution in [1.29, 1.82) is 5.26 Å². The van der Waals surface area contributed by atoms with Crippen molar-refractivity contribution in [2.24, 2.45) is 0 Å². The van der Waals surface area contributed by atoms with Crippen molar-refractivity contribution in [2.45, 2.75) is 50.9 Å². The van der Waals surface area contributed by atoms with Gasteiger partial charge in [-0.2, -0.15) is 18.4 Å². The van der Waals surface area contributed by atoms with Crippen molar-refractivity contribution in [1.82, 2.24) is 15.6 Å². The van der Waals surface area contributed by atoms with Gasteiger partial charge >= 0.3 is 6.18 Å². The van der Waals surface area contributed by atoms with Gasteiger partial charge in [-0.05, 0) is 104 Å². The maximum Gasteiger partial charge on any atom is 0.407 e. The van der Waals surface area contributed by atoms with E-state index < -0.39 is 41.4 Å². The van der Waals surface area contributed by atoms with Gasteiger partial charge in [-0.25, -0.2) is 9.24 Å². The molecule has 5 aromatic rings. The van der Waals surface area contributed by atoms with Crippen LogP contribution in [0.4, 0.5) is 28.9 Å². The number of aromatic nitrogens is 1. The summed E-state index contributed by atoms with van der Waals surface area (Å²) in [6, 6.07) is 20.2. The van der Waals surface area contributed by atoms with Gasteiger partial charge in [-0.1, -0.05) is 24.3 Å². The molecule has 0 bridgehead atoms. The summed E-state index contributed by atoms with van der Waals surface area (Å²) in [7, 11) is 0. The predicted octanol–water partition coefficient (Wildman–Crippen LogP) is 7.81. The average Bonchev–Trinajstić information content (AvgIpc) is 3.46. The Hall–Kier alpha value is -6.42. The number of halogens is 4. The summed E-state index contributed by atoms with van der Waals surface area (Å²) in [6.45, 7) is 9.73. The van der Waals surface area contributed by atoms with Crippen LogP contribution in [-0.2, 0) is 23.9 Å². The van der Waals surface area contributed by atoms with Crippen molar-refractivity contribution in [3.63, 3.8) is 0 Å². The first kappa shape index (κ1) is 40.2. The summed E-state index contributed by atoms with van der Waals surface area (Å²) in [4.78, 5) is 31.8. The van der Waals surface area contributed by atoms with E-state index in [0.29, 0.717) is 61.6 Å². The third kappa shape index (κ3) is 9.52. The Morgan fingerprint density at radius 1 is 1.04 bits per heavy atom. The number of carbonyl (C=O) groups is 2. The van der Waals surface area contributed by atoms with Crippen LogP contribution in [0.25, 0.3) is 27.0 Å². The maximum absolute atomic E-state index is 14.3. The highest BCUT2D eigenvalue weighted by Gasteiger charge is 2.37. The molecule has 2 amide bonds. The number of anilines is 1. The SMILES string of the molecule is [C-]#[N+]c1c(OCCCCCNCc2ccc(-c3[nH]c4cc(F)cc5c4c3CCNC5=O)cc2)cc(NC(=O)[C@](C)(O)COc2ccc(C#N)cc2)cc1C(F)(F)F. The van der Waals surface area contributed by atoms with Crippen LogP contribution in [0.15, 0.2) is 72.8 Å². The van der Waals surface area contributed by atoms with Gasteiger partial charge in [0.25, 0.3) is 11.8 Å². The fraction of sp³-hybridized carbons (Fsp3) is 0.286. The highest BCUT2D eigenvalue weighted by atomic mass is 19.4. The Kier molecular flexibility index (Phi) is 12.1. The fourth-order valence-corrected chi connectivity index (χ4v) is 6.47. The molecule has 0 fully saturated rings. The van der Waals surface area contributed by atoms with Crippen LogP contribution >= 0.6 is 0 Å². The smallest absolute Gasteiger partial charge is 0.407 e. The van der Waals surface area contributed by atoms with E-state index >= 15 is 0 Å². The zero-order valence-electron chi connectivity index (χ0n) is 30.8. The van der Waals surface area contributed by atoms with Crippen molar-refractivity contribution < 1.29 is 41.7 Å². The van der Waals surface area contributed by atoms with Gasteiger partial charge in [0.2, 0.25) is 5.69 Å². The summed E-state index contributed by atoms with van der Waals surface area (Å²) in [5.41, 5.74) is 0.523. The second-order valence-electron chi connectivity index (χ2n) is 13.8. The molecule has 1 aliphatic rings. The molecule has 0 saturated carbocycles. The normalized spacial score (nSPS) is 13.5. The van der Waals surface area contributed by atoms with E-state index in [2.05, 4.69) is 25.8 Å². The molecule has 5 N–H and O–H groups in total. The minimum atomic E-state index is -4.93. The van der Waals surface area contributed by atoms with Gasteiger partial charge < -0.3 is 35.5 Å². The standard InChI is InChI=1S/C42H38F4N6O5/c1-41(55,24-57-30-12-8-25(22-47)9-13-30)40(54)51-29-20-33(42(44,45)46)38(48-2)35(21-29)56-17-5-3-4-15-49-23-26-6-10-27(11-7-26)37-31-14-16-50-39(53)32-18-28(43)19-34(52-37)36(31)32/h6-13,18-21,49,52,55H,3-5,14-17,23-24H2,1H3,(H,50,53)(H,51,54)/t41-/m1/s1. The van der Waals surface area contributed by atoms with Gasteiger partial charge in [0.15, 0.2) is 5.60 Å². The first-order valence-electron chi connectivity index (χ1n) is 18.1. The van der Waals surface area contributed by atoms with Crippen LogP contribution in [0.5, 0.6) is 11.5 Å². The molecule has 294 valence electrons. The number of hydrogen-bond acceptors (Lipinski definition) is 7. The van der Waals surface area contributed by atoms with Gasteiger partial charge in [-0.3, -0.25) is 9.59 Å². The lowest BCUT2D eigenvalue weighted by Crippen LogP contribution is -2.45. The number of hydrogen-bond donors (Lipinski definition) is 5. The monoisotopic (exact) mass is 782 g/mol. The number of alkyl halides is 3. The third-order valence-electron chi connectivity index (χ3n) is 9.44. The summed E-state index contributed by atoms with van der Waals surface area (Å²) in [5.74, 6) is -1.91. The van der Waals surface area contributed by atoms with E-state index in [1.54, 1.807) is 0 Å². The molecule has 0 saturated heterocycles. The second kappa shape index (κ2) is 17.2. The van der Waals surface area contributed by atoms with Crippen molar-refractivity contribution >= 4 is 34.1 Å². The lowest BCUT2D eigenvalue weighted by atomic mass is 9.99. The Bertz CT molecular complexity index is 2360. The van der Waals surface area contributed by atoms with Crippen LogP contribution in [0, 0.1) is 23.7 Å². The molecular formula is C42H38F4N6O5. The minimum absolute atomic E-state index is 0.0168. The Balaban J connectivity index is 0.988. The summed E-state index contributed by atoms with van der Waals surface area (Å²) < 4.78 is 67.4. The number of unbranched alkanes of at least 4 members (excludes halogenated alkanes) is 2. The number of carbonyl (C=O) groups excluding carboxylic acids is 2. The number of nitrogens with zero attached hydrogens (tertiary/aromatic N) is 2. The van der Waals surface area contributed by atoms with E-state index in [9.17, 15) is 32.3 Å². The second-order valence-corrected chi connectivity index (χ2v) is 13.8. The Labute approximate surface area is 325 Å². The first-order valence-corrected chi connectivity index (χ1v) is 18.1. The predicted molar refractivity (Wildman–Crippen MR) is 204 cm³/mol. The number of rotatable bonds is 15. The number of aromatic amines is 1. The molecular weight excluding hydrogens is 744 g/mol. The molecule has 0 aliphatic carbocycles. The molecule has 0 spiro atoms. The zero-order chi connectivity index (χ0) is 40.7. The number of amides is 2. The number of H-pyrrole nitrogens is 1. The van der Waals surface area contributed by atoms with Crippen LogP contribution < -0.4 is 25.4 Å². The van der Waals surface area contributed by atoms with Gasteiger partial charge in [0.05, 0.1) is 35.9 Å². The Morgan fingerprint density at radius 3 is 2.49 bits per heavy atom. The van der Waals surface area contributed by atoms with E-state index in [-0.39, 0.29) is 29.7 Å². The molecule has 57 heavy (non-hydrogen) atoms. The molecule has 0 radical (unpaired) electrons. The average molecular weight is 783 g/mol. The van der Waals surface area contributed by atoms with Crippen LogP contribution in [0.3, 0.4) is 0 Å². The number of aliphatic hydroxyl groups is 1. The molecule has 2 heterocycles. The van der Waals surface area contributed by atoms with E-state index in [4.69, 9.17) is 21.3 Å². The number of benzene rings is 4. The number of ether oxygens (including phenoxy) is 2. The lowest BCUT2D eigenvalue weighted by molar-refractivity contribution is -0.137. The van der Waals surface area contributed by atoms with Crippen molar-refractivity contribution in [2.75, 3.05) is 31.6 Å². The molecule has 1 atom stereocenters. The third-order valence-corrected chi connectivity index (χ3v) is 9.44. The van der Waals surface area contributed by atoms with Crippen LogP contribution in [0.2, 0.25) is 0 Å². The summed E-state index contributed by atoms with van der Waals surface area (Å²) >= 11 is 0. The van der Waals surface area contributed by atoms with Crippen molar-refractivity contribution in [3.8, 4) is 28.8 Å². The minimum Gasteiger partial charge on any atom is -0.505 e. The molecule has 1 aliphatic heterocycles. The largest absolute Gasteiger partial charge is 0.505 e. The van der Waals surface area contributed by atoms with Crippen molar-refractivity contribution in [3.05, 3.63) is 118 Å². The topological polar surface area (TPSA) is 153 Å². The van der Waals surface area contributed by atoms with Gasteiger partial charge in [-0.15, -0.1) is 0 Å². The van der Waals surface area contributed by atoms with E-state index in [0.717, 1.165) is 47.2 Å². The highest BCUT2D eigenvalue weighted by Crippen LogP contribution is 2.44. The maximum atomic E-state index is 14.3. The first-order chi connectivity index (χ1) is 27.3. The van der Waals surface area contributed by atoms with E-state index in [1.807, 2.05) is 30.3 Å². The number of nitriles is 1. The Morgan fingerprint density at radius 2 is 1.79 bits per heavy atom. The van der Waals surface area contributed by atoms with Gasteiger partial charge in [0, 0.05) is 35.4 Å². The number of nitrogens with one attached hydrogen (secondary N) is 4. The molecule has 15 heteroatoms. The summed E-state index contributed by atoms with van der Waals surface area (Å²) in [6.07, 6.45) is -2.43. The van der Waals surface area contributed by atoms with Crippen LogP contribution in [-0.4, -0.2) is 53.8 Å².